The lowest BCUT2D eigenvalue weighted by Gasteiger charge is -2.02. The van der Waals surface area contributed by atoms with Gasteiger partial charge in [-0.1, -0.05) is 17.8 Å². The Morgan fingerprint density at radius 3 is 2.62 bits per heavy atom. The van der Waals surface area contributed by atoms with E-state index < -0.39 is 0 Å². The van der Waals surface area contributed by atoms with E-state index >= 15 is 0 Å². The highest BCUT2D eigenvalue weighted by Gasteiger charge is 2.05. The van der Waals surface area contributed by atoms with E-state index in [-0.39, 0.29) is 6.01 Å². The van der Waals surface area contributed by atoms with E-state index in [0.29, 0.717) is 12.5 Å². The van der Waals surface area contributed by atoms with Crippen molar-refractivity contribution in [3.05, 3.63) is 36.9 Å². The molecule has 0 amide bonds. The van der Waals surface area contributed by atoms with Crippen LogP contribution in [0.5, 0.6) is 5.75 Å². The van der Waals surface area contributed by atoms with Crippen LogP contribution >= 0.6 is 0 Å². The minimum Gasteiger partial charge on any atom is -0.490 e. The molecule has 0 radical (unpaired) electrons. The maximum Gasteiger partial charge on any atom is 0.313 e. The molecule has 2 rings (SSSR count). The van der Waals surface area contributed by atoms with Gasteiger partial charge in [-0.3, -0.25) is 0 Å². The van der Waals surface area contributed by atoms with Crippen molar-refractivity contribution in [1.29, 1.82) is 0 Å². The highest BCUT2D eigenvalue weighted by atomic mass is 16.5. The third kappa shape index (κ3) is 2.20. The molecule has 16 heavy (non-hydrogen) atoms. The highest BCUT2D eigenvalue weighted by molar-refractivity contribution is 5.54. The zero-order valence-corrected chi connectivity index (χ0v) is 8.59. The molecule has 1 aromatic carbocycles. The number of ether oxygens (including phenoxy) is 1. The van der Waals surface area contributed by atoms with Gasteiger partial charge >= 0.3 is 6.01 Å². The molecule has 0 saturated carbocycles. The Balaban J connectivity index is 2.15. The lowest BCUT2D eigenvalue weighted by atomic mass is 10.2. The fraction of sp³-hybridized carbons (Fsp3) is 0.0909. The van der Waals surface area contributed by atoms with Gasteiger partial charge in [0.15, 0.2) is 0 Å². The van der Waals surface area contributed by atoms with E-state index in [1.807, 2.05) is 24.3 Å². The van der Waals surface area contributed by atoms with E-state index in [0.717, 1.165) is 11.3 Å². The second kappa shape index (κ2) is 4.48. The van der Waals surface area contributed by atoms with Crippen LogP contribution in [-0.4, -0.2) is 16.8 Å². The molecule has 1 heterocycles. The van der Waals surface area contributed by atoms with E-state index in [4.69, 9.17) is 14.9 Å². The maximum atomic E-state index is 5.34. The van der Waals surface area contributed by atoms with Crippen LogP contribution in [-0.2, 0) is 0 Å². The van der Waals surface area contributed by atoms with Gasteiger partial charge in [0, 0.05) is 5.56 Å². The van der Waals surface area contributed by atoms with Gasteiger partial charge in [-0.2, -0.15) is 0 Å². The fourth-order valence-electron chi connectivity index (χ4n) is 1.20. The molecule has 2 aromatic rings. The van der Waals surface area contributed by atoms with E-state index in [9.17, 15) is 0 Å². The highest BCUT2D eigenvalue weighted by Crippen LogP contribution is 2.21. The number of nitrogens with zero attached hydrogens (tertiary/aromatic N) is 2. The Kier molecular flexibility index (Phi) is 2.86. The maximum absolute atomic E-state index is 5.34. The molecule has 5 heteroatoms. The molecular weight excluding hydrogens is 206 g/mol. The number of hydrogen-bond acceptors (Lipinski definition) is 5. The van der Waals surface area contributed by atoms with Crippen molar-refractivity contribution in [3.8, 4) is 17.2 Å². The normalized spacial score (nSPS) is 10.0. The summed E-state index contributed by atoms with van der Waals surface area (Å²) in [6.07, 6.45) is 1.69. The van der Waals surface area contributed by atoms with Gasteiger partial charge in [0.2, 0.25) is 5.89 Å². The topological polar surface area (TPSA) is 74.2 Å². The molecule has 5 nitrogen and oxygen atoms in total. The third-order valence-corrected chi connectivity index (χ3v) is 1.91. The smallest absolute Gasteiger partial charge is 0.313 e. The molecule has 0 bridgehead atoms. The van der Waals surface area contributed by atoms with Gasteiger partial charge in [0.25, 0.3) is 0 Å². The Labute approximate surface area is 92.5 Å². The zero-order chi connectivity index (χ0) is 11.4. The van der Waals surface area contributed by atoms with Crippen LogP contribution in [0.1, 0.15) is 0 Å². The predicted octanol–water partition coefficient (Wildman–Crippen LogP) is 1.88. The SMILES string of the molecule is C=CCOc1ccc(-c2nnc(N)o2)cc1. The first-order valence-corrected chi connectivity index (χ1v) is 4.72. The largest absolute Gasteiger partial charge is 0.490 e. The fourth-order valence-corrected chi connectivity index (χ4v) is 1.20. The molecule has 0 unspecified atom stereocenters. The molecular formula is C11H11N3O2. The van der Waals surface area contributed by atoms with Crippen molar-refractivity contribution in [2.24, 2.45) is 0 Å². The number of benzene rings is 1. The summed E-state index contributed by atoms with van der Waals surface area (Å²) in [6.45, 7) is 4.05. The molecule has 0 aliphatic rings. The van der Waals surface area contributed by atoms with Crippen molar-refractivity contribution < 1.29 is 9.15 Å². The molecule has 0 aliphatic heterocycles. The van der Waals surface area contributed by atoms with E-state index in [1.165, 1.54) is 0 Å². The first-order valence-electron chi connectivity index (χ1n) is 4.72. The average molecular weight is 217 g/mol. The lowest BCUT2D eigenvalue weighted by Crippen LogP contribution is -1.92. The van der Waals surface area contributed by atoms with Crippen LogP contribution in [0, 0.1) is 0 Å². The Hall–Kier alpha value is -2.30. The minimum atomic E-state index is 0.0574. The van der Waals surface area contributed by atoms with Crippen LogP contribution in [0.25, 0.3) is 11.5 Å². The first-order chi connectivity index (χ1) is 7.79. The van der Waals surface area contributed by atoms with Crippen LogP contribution in [0.4, 0.5) is 6.01 Å². The van der Waals surface area contributed by atoms with Crippen molar-refractivity contribution in [2.45, 2.75) is 0 Å². The summed E-state index contributed by atoms with van der Waals surface area (Å²) in [5.41, 5.74) is 6.14. The zero-order valence-electron chi connectivity index (χ0n) is 8.59. The Morgan fingerprint density at radius 1 is 1.31 bits per heavy atom. The standard InChI is InChI=1S/C11H11N3O2/c1-2-7-15-9-5-3-8(4-6-9)10-13-14-11(12)16-10/h2-6H,1,7H2,(H2,12,14). The quantitative estimate of drug-likeness (QED) is 0.791. The molecule has 0 saturated heterocycles. The number of rotatable bonds is 4. The predicted molar refractivity (Wildman–Crippen MR) is 59.8 cm³/mol. The van der Waals surface area contributed by atoms with Crippen LogP contribution < -0.4 is 10.5 Å². The van der Waals surface area contributed by atoms with Crippen molar-refractivity contribution in [1.82, 2.24) is 10.2 Å². The Bertz CT molecular complexity index is 476. The summed E-state index contributed by atoms with van der Waals surface area (Å²) in [6, 6.07) is 7.34. The van der Waals surface area contributed by atoms with Crippen molar-refractivity contribution in [3.63, 3.8) is 0 Å². The summed E-state index contributed by atoms with van der Waals surface area (Å²) in [4.78, 5) is 0. The number of nitrogens with two attached hydrogens (primary N) is 1. The molecule has 1 aromatic heterocycles. The van der Waals surface area contributed by atoms with Gasteiger partial charge in [-0.05, 0) is 24.3 Å². The number of anilines is 1. The average Bonchev–Trinajstić information content (AvgIpc) is 2.74. The van der Waals surface area contributed by atoms with Gasteiger partial charge < -0.3 is 14.9 Å². The second-order valence-corrected chi connectivity index (χ2v) is 3.07. The monoisotopic (exact) mass is 217 g/mol. The van der Waals surface area contributed by atoms with Gasteiger partial charge in [0.05, 0.1) is 0 Å². The Morgan fingerprint density at radius 2 is 2.06 bits per heavy atom. The summed E-state index contributed by atoms with van der Waals surface area (Å²) in [5, 5.41) is 7.36. The molecule has 0 atom stereocenters. The number of nitrogen functional groups attached to an aromatic ring is 1. The minimum absolute atomic E-state index is 0.0574. The van der Waals surface area contributed by atoms with Gasteiger partial charge in [-0.15, -0.1) is 5.10 Å². The summed E-state index contributed by atoms with van der Waals surface area (Å²) >= 11 is 0. The van der Waals surface area contributed by atoms with Gasteiger partial charge in [-0.25, -0.2) is 0 Å². The molecule has 0 aliphatic carbocycles. The van der Waals surface area contributed by atoms with Crippen LogP contribution in [0.2, 0.25) is 0 Å². The van der Waals surface area contributed by atoms with Crippen LogP contribution in [0.15, 0.2) is 41.3 Å². The number of aromatic nitrogens is 2. The van der Waals surface area contributed by atoms with Crippen LogP contribution in [0.3, 0.4) is 0 Å². The first kappa shape index (κ1) is 10.2. The summed E-state index contributed by atoms with van der Waals surface area (Å²) < 4.78 is 10.4. The summed E-state index contributed by atoms with van der Waals surface area (Å²) in [5.74, 6) is 1.16. The van der Waals surface area contributed by atoms with Gasteiger partial charge in [0.1, 0.15) is 12.4 Å². The lowest BCUT2D eigenvalue weighted by molar-refractivity contribution is 0.363. The van der Waals surface area contributed by atoms with Crippen molar-refractivity contribution in [2.75, 3.05) is 12.3 Å². The van der Waals surface area contributed by atoms with Crippen molar-refractivity contribution >= 4 is 6.01 Å². The van der Waals surface area contributed by atoms with E-state index in [1.54, 1.807) is 6.08 Å². The summed E-state index contributed by atoms with van der Waals surface area (Å²) in [7, 11) is 0. The number of hydrogen-bond donors (Lipinski definition) is 1. The molecule has 82 valence electrons. The molecule has 0 spiro atoms. The molecule has 0 fully saturated rings. The second-order valence-electron chi connectivity index (χ2n) is 3.07. The molecule has 2 N–H and O–H groups in total. The van der Waals surface area contributed by atoms with E-state index in [2.05, 4.69) is 16.8 Å². The third-order valence-electron chi connectivity index (χ3n) is 1.91.